The van der Waals surface area contributed by atoms with Crippen molar-refractivity contribution in [3.8, 4) is 0 Å². The number of hydrogen-bond donors (Lipinski definition) is 3. The molecule has 3 aliphatic heterocycles. The number of amides is 1. The third kappa shape index (κ3) is 4.28. The van der Waals surface area contributed by atoms with Crippen LogP contribution in [-0.2, 0) is 4.79 Å². The number of thioether (sulfide) groups is 1. The molecule has 172 valence electrons. The first-order valence-corrected chi connectivity index (χ1v) is 11.7. The number of carbonyl (C=O) groups is 1. The van der Waals surface area contributed by atoms with Gasteiger partial charge in [0.05, 0.1) is 23.5 Å². The number of hydrogen-bond acceptors (Lipinski definition) is 7. The van der Waals surface area contributed by atoms with Crippen LogP contribution in [0.4, 0.5) is 14.5 Å². The Morgan fingerprint density at radius 2 is 2.06 bits per heavy atom. The number of amidine groups is 1. The molecule has 1 amide bonds. The average molecular weight is 471 g/mol. The summed E-state index contributed by atoms with van der Waals surface area (Å²) in [5.41, 5.74) is 10.5. The van der Waals surface area contributed by atoms with Crippen LogP contribution in [0.1, 0.15) is 29.2 Å². The van der Waals surface area contributed by atoms with E-state index in [1.54, 1.807) is 0 Å². The van der Waals surface area contributed by atoms with E-state index in [1.165, 1.54) is 34.5 Å². The summed E-state index contributed by atoms with van der Waals surface area (Å²) in [4.78, 5) is 14.3. The van der Waals surface area contributed by atoms with Crippen molar-refractivity contribution in [3.63, 3.8) is 0 Å². The Kier molecular flexibility index (Phi) is 5.71. The van der Waals surface area contributed by atoms with Crippen molar-refractivity contribution in [1.82, 2.24) is 20.8 Å². The van der Waals surface area contributed by atoms with E-state index in [9.17, 15) is 13.6 Å². The second-order valence-corrected chi connectivity index (χ2v) is 9.33. The van der Waals surface area contributed by atoms with Crippen molar-refractivity contribution in [3.05, 3.63) is 77.1 Å². The number of nitrogens with zero attached hydrogens (tertiary/aromatic N) is 3. The van der Waals surface area contributed by atoms with Crippen LogP contribution in [0.5, 0.6) is 0 Å². The van der Waals surface area contributed by atoms with E-state index >= 15 is 0 Å². The van der Waals surface area contributed by atoms with E-state index in [2.05, 4.69) is 58.3 Å². The molecule has 2 aromatic rings. The van der Waals surface area contributed by atoms with Gasteiger partial charge in [-0.25, -0.2) is 14.2 Å². The van der Waals surface area contributed by atoms with Crippen molar-refractivity contribution >= 4 is 28.5 Å². The number of carbonyl (C=O) groups excluding carboxylic acids is 1. The molecule has 0 spiro atoms. The van der Waals surface area contributed by atoms with Gasteiger partial charge in [-0.3, -0.25) is 10.2 Å². The van der Waals surface area contributed by atoms with Gasteiger partial charge in [0, 0.05) is 18.5 Å². The molecule has 5 rings (SSSR count). The first-order valence-electron chi connectivity index (χ1n) is 10.7. The minimum absolute atomic E-state index is 0.0469. The minimum Gasteiger partial charge on any atom is -0.323 e. The van der Waals surface area contributed by atoms with Gasteiger partial charge < -0.3 is 15.2 Å². The Balaban J connectivity index is 1.20. The fraction of sp³-hybridized carbons (Fsp3) is 0.304. The number of aryl methyl sites for hydroxylation is 2. The molecule has 0 radical (unpaired) electrons. The Hall–Kier alpha value is -3.11. The van der Waals surface area contributed by atoms with Crippen LogP contribution in [-0.4, -0.2) is 38.9 Å². The Bertz CT molecular complexity index is 1160. The van der Waals surface area contributed by atoms with E-state index in [1.807, 2.05) is 17.3 Å². The zero-order valence-electron chi connectivity index (χ0n) is 18.2. The lowest BCUT2D eigenvalue weighted by Gasteiger charge is -2.36. The van der Waals surface area contributed by atoms with E-state index < -0.39 is 17.5 Å². The second-order valence-electron chi connectivity index (χ2n) is 8.39. The highest BCUT2D eigenvalue weighted by Crippen LogP contribution is 2.36. The van der Waals surface area contributed by atoms with Crippen molar-refractivity contribution in [2.75, 3.05) is 11.1 Å². The van der Waals surface area contributed by atoms with Gasteiger partial charge in [0.25, 0.3) is 0 Å². The summed E-state index contributed by atoms with van der Waals surface area (Å²) in [7, 11) is 0. The summed E-state index contributed by atoms with van der Waals surface area (Å²) in [5, 5.41) is 9.68. The van der Waals surface area contributed by atoms with Gasteiger partial charge in [-0.05, 0) is 43.5 Å². The predicted molar refractivity (Wildman–Crippen MR) is 125 cm³/mol. The van der Waals surface area contributed by atoms with Crippen LogP contribution < -0.4 is 16.2 Å². The molecule has 0 saturated carbocycles. The van der Waals surface area contributed by atoms with Crippen molar-refractivity contribution in [2.45, 2.75) is 38.5 Å². The molecule has 3 unspecified atom stereocenters. The molecule has 10 heteroatoms. The van der Waals surface area contributed by atoms with Crippen LogP contribution in [0.15, 0.2) is 53.9 Å². The molecule has 3 N–H and O–H groups in total. The highest BCUT2D eigenvalue weighted by molar-refractivity contribution is 8.14. The summed E-state index contributed by atoms with van der Waals surface area (Å²) in [5.74, 6) is -1.84. The predicted octanol–water partition coefficient (Wildman–Crippen LogP) is 3.56. The fourth-order valence-corrected chi connectivity index (χ4v) is 5.17. The molecule has 3 heterocycles. The van der Waals surface area contributed by atoms with Crippen LogP contribution in [0.2, 0.25) is 0 Å². The molecule has 7 nitrogen and oxygen atoms in total. The molecule has 1 fully saturated rings. The monoisotopic (exact) mass is 470 g/mol. The third-order valence-corrected chi connectivity index (χ3v) is 7.02. The molecule has 33 heavy (non-hydrogen) atoms. The van der Waals surface area contributed by atoms with Gasteiger partial charge in [-0.2, -0.15) is 5.10 Å². The first-order chi connectivity index (χ1) is 15.9. The maximum Gasteiger partial charge on any atom is 0.234 e. The Morgan fingerprint density at radius 3 is 2.88 bits per heavy atom. The molecule has 3 atom stereocenters. The fourth-order valence-electron chi connectivity index (χ4n) is 4.40. The Morgan fingerprint density at radius 1 is 1.21 bits per heavy atom. The SMILES string of the molecule is Cc1ccc(C)c(C2CC3C4NN=C(SCC(=O)Nc5ccc(F)cc5F)N4C=CN3N2)c1. The lowest BCUT2D eigenvalue weighted by atomic mass is 9.95. The highest BCUT2D eigenvalue weighted by atomic mass is 32.2. The molecule has 0 bridgehead atoms. The van der Waals surface area contributed by atoms with Crippen molar-refractivity contribution < 1.29 is 13.6 Å². The standard InChI is InChI=1S/C23H24F2N6OS/c1-13-3-4-14(2)16(9-13)19-11-20-22-27-28-23(30(22)7-8-31(20)29-19)33-12-21(32)26-18-6-5-15(24)10-17(18)25/h3-10,19-20,22,27,29H,11-12H2,1-2H3,(H,26,32). The molecule has 3 aliphatic rings. The average Bonchev–Trinajstić information content (AvgIpc) is 3.39. The van der Waals surface area contributed by atoms with Crippen LogP contribution >= 0.6 is 11.8 Å². The summed E-state index contributed by atoms with van der Waals surface area (Å²) >= 11 is 1.26. The molecule has 2 aromatic carbocycles. The van der Waals surface area contributed by atoms with Gasteiger partial charge in [0.1, 0.15) is 17.8 Å². The summed E-state index contributed by atoms with van der Waals surface area (Å²) in [6, 6.07) is 9.92. The molecular weight excluding hydrogens is 446 g/mol. The lowest BCUT2D eigenvalue weighted by Crippen LogP contribution is -2.54. The summed E-state index contributed by atoms with van der Waals surface area (Å²) in [6.45, 7) is 4.23. The molecule has 0 aliphatic carbocycles. The maximum atomic E-state index is 13.8. The minimum atomic E-state index is -0.806. The number of benzene rings is 2. The molecule has 0 aromatic heterocycles. The number of nitrogens with one attached hydrogen (secondary N) is 3. The van der Waals surface area contributed by atoms with Gasteiger partial charge in [-0.15, -0.1) is 0 Å². The van der Waals surface area contributed by atoms with Gasteiger partial charge in [0.2, 0.25) is 5.91 Å². The third-order valence-electron chi connectivity index (χ3n) is 6.05. The largest absolute Gasteiger partial charge is 0.323 e. The van der Waals surface area contributed by atoms with Crippen LogP contribution in [0.3, 0.4) is 0 Å². The first kappa shape index (κ1) is 21.7. The van der Waals surface area contributed by atoms with Crippen molar-refractivity contribution in [1.29, 1.82) is 0 Å². The summed E-state index contributed by atoms with van der Waals surface area (Å²) in [6.07, 6.45) is 4.77. The topological polar surface area (TPSA) is 72.0 Å². The zero-order valence-corrected chi connectivity index (χ0v) is 19.0. The number of halogens is 2. The Labute approximate surface area is 194 Å². The normalized spacial score (nSPS) is 23.2. The van der Waals surface area contributed by atoms with E-state index in [-0.39, 0.29) is 29.7 Å². The van der Waals surface area contributed by atoms with Gasteiger partial charge in [-0.1, -0.05) is 35.5 Å². The highest BCUT2D eigenvalue weighted by Gasteiger charge is 2.44. The quantitative estimate of drug-likeness (QED) is 0.635. The second kappa shape index (κ2) is 8.68. The van der Waals surface area contributed by atoms with Crippen molar-refractivity contribution in [2.24, 2.45) is 5.10 Å². The van der Waals surface area contributed by atoms with E-state index in [0.717, 1.165) is 18.6 Å². The number of fused-ring (bicyclic) bond motifs is 3. The number of rotatable bonds is 4. The zero-order chi connectivity index (χ0) is 23.1. The molecular formula is C23H24F2N6OS. The van der Waals surface area contributed by atoms with Crippen LogP contribution in [0.25, 0.3) is 0 Å². The van der Waals surface area contributed by atoms with Crippen LogP contribution in [0, 0.1) is 25.5 Å². The van der Waals surface area contributed by atoms with Gasteiger partial charge >= 0.3 is 0 Å². The number of anilines is 1. The number of hydrazone groups is 1. The van der Waals surface area contributed by atoms with E-state index in [4.69, 9.17) is 0 Å². The lowest BCUT2D eigenvalue weighted by molar-refractivity contribution is -0.113. The van der Waals surface area contributed by atoms with Gasteiger partial charge in [0.15, 0.2) is 5.17 Å². The van der Waals surface area contributed by atoms with E-state index in [0.29, 0.717) is 5.17 Å². The summed E-state index contributed by atoms with van der Waals surface area (Å²) < 4.78 is 26.8. The number of hydrazine groups is 1. The maximum absolute atomic E-state index is 13.8. The molecule has 1 saturated heterocycles. The smallest absolute Gasteiger partial charge is 0.234 e.